The number of carbonyl (C=O) groups excluding carboxylic acids is 1. The second-order valence-corrected chi connectivity index (χ2v) is 6.50. The first-order chi connectivity index (χ1) is 10.1. The summed E-state index contributed by atoms with van der Waals surface area (Å²) in [6.45, 7) is 4.96. The van der Waals surface area contributed by atoms with E-state index >= 15 is 0 Å². The summed E-state index contributed by atoms with van der Waals surface area (Å²) in [7, 11) is 0. The number of nitrogens with one attached hydrogen (secondary N) is 1. The average molecular weight is 304 g/mol. The van der Waals surface area contributed by atoms with Gasteiger partial charge in [-0.15, -0.1) is 0 Å². The predicted octanol–water partition coefficient (Wildman–Crippen LogP) is 2.69. The lowest BCUT2D eigenvalue weighted by molar-refractivity contribution is -0.120. The maximum atomic E-state index is 12.4. The fourth-order valence-corrected chi connectivity index (χ4v) is 3.53. The number of hydrogen-bond donors (Lipinski definition) is 2. The number of thiazole rings is 1. The van der Waals surface area contributed by atoms with Crippen molar-refractivity contribution >= 4 is 38.3 Å². The number of amides is 1. The van der Waals surface area contributed by atoms with Crippen LogP contribution in [-0.4, -0.2) is 34.4 Å². The van der Waals surface area contributed by atoms with Gasteiger partial charge in [0.1, 0.15) is 0 Å². The number of nitrogen functional groups attached to an aromatic ring is 1. The molecule has 6 heteroatoms. The highest BCUT2D eigenvalue weighted by Crippen LogP contribution is 2.30. The molecule has 1 unspecified atom stereocenters. The Morgan fingerprint density at radius 1 is 1.57 bits per heavy atom. The Balaban J connectivity index is 1.73. The van der Waals surface area contributed by atoms with Crippen molar-refractivity contribution < 1.29 is 4.79 Å². The third kappa shape index (κ3) is 3.01. The van der Waals surface area contributed by atoms with E-state index in [1.54, 1.807) is 0 Å². The van der Waals surface area contributed by atoms with Crippen molar-refractivity contribution in [2.75, 3.05) is 17.6 Å². The lowest BCUT2D eigenvalue weighted by atomic mass is 10.2. The van der Waals surface area contributed by atoms with Gasteiger partial charge in [-0.25, -0.2) is 4.98 Å². The van der Waals surface area contributed by atoms with Crippen molar-refractivity contribution in [3.05, 3.63) is 18.2 Å². The molecule has 1 heterocycles. The van der Waals surface area contributed by atoms with Crippen LogP contribution in [0.5, 0.6) is 0 Å². The second-order valence-electron chi connectivity index (χ2n) is 5.47. The molecule has 0 bridgehead atoms. The SMILES string of the molecule is CCN(C1CC1)C(C)C(=O)Nc1nc2ccc(N)cc2s1. The highest BCUT2D eigenvalue weighted by atomic mass is 32.1. The number of nitrogens with zero attached hydrogens (tertiary/aromatic N) is 2. The van der Waals surface area contributed by atoms with Gasteiger partial charge in [0.15, 0.2) is 5.13 Å². The van der Waals surface area contributed by atoms with Gasteiger partial charge in [0.25, 0.3) is 0 Å². The first-order valence-electron chi connectivity index (χ1n) is 7.31. The molecule has 1 aliphatic rings. The van der Waals surface area contributed by atoms with Gasteiger partial charge in [0.2, 0.25) is 5.91 Å². The predicted molar refractivity (Wildman–Crippen MR) is 87.5 cm³/mol. The van der Waals surface area contributed by atoms with Gasteiger partial charge in [-0.1, -0.05) is 18.3 Å². The maximum Gasteiger partial charge on any atom is 0.243 e. The summed E-state index contributed by atoms with van der Waals surface area (Å²) in [5.41, 5.74) is 7.34. The van der Waals surface area contributed by atoms with Crippen LogP contribution >= 0.6 is 11.3 Å². The standard InChI is InChI=1S/C15H20N4OS/c1-3-19(11-5-6-11)9(2)14(20)18-15-17-12-7-4-10(16)8-13(12)21-15/h4,7-9,11H,3,5-6,16H2,1-2H3,(H,17,18,20). The van der Waals surface area contributed by atoms with Gasteiger partial charge in [0.05, 0.1) is 16.3 Å². The Hall–Kier alpha value is -1.66. The minimum absolute atomic E-state index is 0.00998. The lowest BCUT2D eigenvalue weighted by Gasteiger charge is -2.26. The largest absolute Gasteiger partial charge is 0.399 e. The van der Waals surface area contributed by atoms with Crippen LogP contribution in [0.4, 0.5) is 10.8 Å². The smallest absolute Gasteiger partial charge is 0.243 e. The third-order valence-corrected chi connectivity index (χ3v) is 4.83. The lowest BCUT2D eigenvalue weighted by Crippen LogP contribution is -2.43. The maximum absolute atomic E-state index is 12.4. The van der Waals surface area contributed by atoms with Crippen molar-refractivity contribution in [2.24, 2.45) is 0 Å². The van der Waals surface area contributed by atoms with Crippen LogP contribution in [0.25, 0.3) is 10.2 Å². The molecule has 0 aliphatic heterocycles. The Morgan fingerprint density at radius 3 is 3.00 bits per heavy atom. The number of hydrogen-bond acceptors (Lipinski definition) is 5. The van der Waals surface area contributed by atoms with Gasteiger partial charge < -0.3 is 11.1 Å². The molecule has 1 aliphatic carbocycles. The number of carbonyl (C=O) groups is 1. The molecule has 1 aromatic carbocycles. The zero-order valence-electron chi connectivity index (χ0n) is 12.3. The monoisotopic (exact) mass is 304 g/mol. The summed E-state index contributed by atoms with van der Waals surface area (Å²) < 4.78 is 0.993. The Labute approximate surface area is 128 Å². The molecule has 0 saturated heterocycles. The van der Waals surface area contributed by atoms with E-state index in [4.69, 9.17) is 5.73 Å². The molecule has 3 N–H and O–H groups in total. The first-order valence-corrected chi connectivity index (χ1v) is 8.13. The van der Waals surface area contributed by atoms with E-state index in [-0.39, 0.29) is 11.9 Å². The van der Waals surface area contributed by atoms with Gasteiger partial charge >= 0.3 is 0 Å². The average Bonchev–Trinajstić information content (AvgIpc) is 3.20. The van der Waals surface area contributed by atoms with Gasteiger partial charge in [-0.3, -0.25) is 9.69 Å². The second kappa shape index (κ2) is 5.61. The zero-order chi connectivity index (χ0) is 15.0. The molecule has 21 heavy (non-hydrogen) atoms. The van der Waals surface area contributed by atoms with Crippen LogP contribution in [0, 0.1) is 0 Å². The molecule has 1 amide bonds. The van der Waals surface area contributed by atoms with E-state index in [0.29, 0.717) is 16.9 Å². The number of anilines is 2. The van der Waals surface area contributed by atoms with Crippen LogP contribution in [0.3, 0.4) is 0 Å². The molecule has 1 saturated carbocycles. The Morgan fingerprint density at radius 2 is 2.33 bits per heavy atom. The Bertz CT molecular complexity index is 665. The highest BCUT2D eigenvalue weighted by molar-refractivity contribution is 7.22. The summed E-state index contributed by atoms with van der Waals surface area (Å²) >= 11 is 1.46. The molecule has 112 valence electrons. The van der Waals surface area contributed by atoms with Crippen LogP contribution in [0.2, 0.25) is 0 Å². The van der Waals surface area contributed by atoms with Crippen LogP contribution < -0.4 is 11.1 Å². The summed E-state index contributed by atoms with van der Waals surface area (Å²) in [5.74, 6) is 0.00998. The van der Waals surface area contributed by atoms with Crippen molar-refractivity contribution in [3.8, 4) is 0 Å². The number of likely N-dealkylation sites (N-methyl/N-ethyl adjacent to an activating group) is 1. The summed E-state index contributed by atoms with van der Waals surface area (Å²) in [6.07, 6.45) is 2.40. The van der Waals surface area contributed by atoms with Crippen LogP contribution in [-0.2, 0) is 4.79 Å². The summed E-state index contributed by atoms with van der Waals surface area (Å²) in [5, 5.41) is 3.57. The van der Waals surface area contributed by atoms with E-state index in [1.807, 2.05) is 25.1 Å². The summed E-state index contributed by atoms with van der Waals surface area (Å²) in [6, 6.07) is 6.03. The van der Waals surface area contributed by atoms with Crippen LogP contribution in [0.15, 0.2) is 18.2 Å². The molecule has 3 rings (SSSR count). The van der Waals surface area contributed by atoms with E-state index in [1.165, 1.54) is 24.2 Å². The van der Waals surface area contributed by atoms with Crippen molar-refractivity contribution in [3.63, 3.8) is 0 Å². The third-order valence-electron chi connectivity index (χ3n) is 3.90. The van der Waals surface area contributed by atoms with Crippen molar-refractivity contribution in [1.29, 1.82) is 0 Å². The molecule has 0 spiro atoms. The van der Waals surface area contributed by atoms with Crippen molar-refractivity contribution in [2.45, 2.75) is 38.8 Å². The molecule has 2 aromatic rings. The highest BCUT2D eigenvalue weighted by Gasteiger charge is 2.33. The van der Waals surface area contributed by atoms with Gasteiger partial charge in [0, 0.05) is 11.7 Å². The molecule has 0 radical (unpaired) electrons. The number of nitrogens with two attached hydrogens (primary N) is 1. The molecule has 1 aromatic heterocycles. The van der Waals surface area contributed by atoms with Crippen molar-refractivity contribution in [1.82, 2.24) is 9.88 Å². The van der Waals surface area contributed by atoms with E-state index in [0.717, 1.165) is 16.8 Å². The van der Waals surface area contributed by atoms with E-state index < -0.39 is 0 Å². The quantitative estimate of drug-likeness (QED) is 0.833. The summed E-state index contributed by atoms with van der Waals surface area (Å²) in [4.78, 5) is 19.1. The fourth-order valence-electron chi connectivity index (χ4n) is 2.61. The van der Waals surface area contributed by atoms with E-state index in [2.05, 4.69) is 22.1 Å². The van der Waals surface area contributed by atoms with Gasteiger partial charge in [-0.2, -0.15) is 0 Å². The number of benzene rings is 1. The minimum Gasteiger partial charge on any atom is -0.399 e. The molecule has 1 atom stereocenters. The van der Waals surface area contributed by atoms with Gasteiger partial charge in [-0.05, 0) is 44.5 Å². The first kappa shape index (κ1) is 14.3. The topological polar surface area (TPSA) is 71.2 Å². The normalized spacial score (nSPS) is 16.3. The molecular formula is C15H20N4OS. The minimum atomic E-state index is -0.125. The van der Waals surface area contributed by atoms with Crippen LogP contribution in [0.1, 0.15) is 26.7 Å². The fraction of sp³-hybridized carbons (Fsp3) is 0.467. The number of fused-ring (bicyclic) bond motifs is 1. The number of aromatic nitrogens is 1. The molecule has 1 fully saturated rings. The number of rotatable bonds is 5. The zero-order valence-corrected chi connectivity index (χ0v) is 13.1. The Kier molecular flexibility index (Phi) is 3.82. The molecule has 5 nitrogen and oxygen atoms in total. The molecular weight excluding hydrogens is 284 g/mol. The van der Waals surface area contributed by atoms with E-state index in [9.17, 15) is 4.79 Å².